The second-order valence-electron chi connectivity index (χ2n) is 6.32. The molecule has 1 heterocycles. The van der Waals surface area contributed by atoms with E-state index in [0.29, 0.717) is 4.90 Å². The van der Waals surface area contributed by atoms with Crippen LogP contribution in [-0.4, -0.2) is 9.78 Å². The first-order valence-electron chi connectivity index (χ1n) is 7.46. The Hall–Kier alpha value is -1.52. The van der Waals surface area contributed by atoms with Gasteiger partial charge >= 0.3 is 0 Å². The zero-order valence-corrected chi connectivity index (χ0v) is 15.4. The average molecular weight is 349 g/mol. The quantitative estimate of drug-likeness (QED) is 0.738. The Morgan fingerprint density at radius 1 is 1.30 bits per heavy atom. The van der Waals surface area contributed by atoms with E-state index in [-0.39, 0.29) is 16.1 Å². The summed E-state index contributed by atoms with van der Waals surface area (Å²) in [6.45, 7) is 7.79. The maximum absolute atomic E-state index is 12.3. The average Bonchev–Trinajstić information content (AvgIpc) is 2.50. The topological polar surface area (TPSA) is 34.9 Å². The lowest BCUT2D eigenvalue weighted by Crippen LogP contribution is -2.36. The van der Waals surface area contributed by atoms with Crippen molar-refractivity contribution in [3.63, 3.8) is 0 Å². The van der Waals surface area contributed by atoms with Crippen LogP contribution >= 0.6 is 23.4 Å². The van der Waals surface area contributed by atoms with Crippen molar-refractivity contribution in [1.29, 1.82) is 0 Å². The number of rotatable bonds is 4. The number of allylic oxidation sites excluding steroid dienone is 2. The van der Waals surface area contributed by atoms with Gasteiger partial charge < -0.3 is 0 Å². The van der Waals surface area contributed by atoms with Crippen LogP contribution in [-0.2, 0) is 12.0 Å². The number of hydrogen-bond acceptors (Lipinski definition) is 3. The van der Waals surface area contributed by atoms with Crippen LogP contribution in [0.1, 0.15) is 33.3 Å². The molecule has 0 atom stereocenters. The smallest absolute Gasteiger partial charge is 0.266 e. The van der Waals surface area contributed by atoms with Crippen LogP contribution in [0.25, 0.3) is 0 Å². The minimum Gasteiger partial charge on any atom is -0.266 e. The molecule has 0 bridgehead atoms. The van der Waals surface area contributed by atoms with Crippen LogP contribution in [0.15, 0.2) is 57.2 Å². The molecule has 0 radical (unpaired) electrons. The van der Waals surface area contributed by atoms with Crippen molar-refractivity contribution in [3.05, 3.63) is 68.4 Å². The predicted octanol–water partition coefficient (Wildman–Crippen LogP) is 4.89. The van der Waals surface area contributed by atoms with Gasteiger partial charge in [-0.15, -0.1) is 0 Å². The number of nitrogens with zero attached hydrogens (tertiary/aromatic N) is 2. The van der Waals surface area contributed by atoms with Gasteiger partial charge in [0.25, 0.3) is 5.56 Å². The summed E-state index contributed by atoms with van der Waals surface area (Å²) in [4.78, 5) is 14.1. The Kier molecular flexibility index (Phi) is 5.71. The summed E-state index contributed by atoms with van der Waals surface area (Å²) in [7, 11) is 0. The maximum atomic E-state index is 12.3. The number of thioether (sulfide) groups is 1. The van der Waals surface area contributed by atoms with Crippen molar-refractivity contribution in [3.8, 4) is 0 Å². The molecule has 0 aliphatic heterocycles. The largest absolute Gasteiger partial charge is 0.287 e. The van der Waals surface area contributed by atoms with Gasteiger partial charge in [-0.2, -0.15) is 5.10 Å². The fourth-order valence-electron chi connectivity index (χ4n) is 2.06. The summed E-state index contributed by atoms with van der Waals surface area (Å²) in [5.74, 6) is 0. The van der Waals surface area contributed by atoms with Crippen molar-refractivity contribution >= 4 is 23.4 Å². The normalized spacial score (nSPS) is 12.5. The summed E-state index contributed by atoms with van der Waals surface area (Å²) in [6, 6.07) is 10.2. The van der Waals surface area contributed by atoms with Gasteiger partial charge in [0.1, 0.15) is 5.02 Å². The van der Waals surface area contributed by atoms with E-state index in [1.807, 2.05) is 45.9 Å². The van der Waals surface area contributed by atoms with Crippen LogP contribution < -0.4 is 5.56 Å². The van der Waals surface area contributed by atoms with Crippen molar-refractivity contribution in [2.75, 3.05) is 0 Å². The van der Waals surface area contributed by atoms with E-state index in [1.165, 1.54) is 22.0 Å². The highest BCUT2D eigenvalue weighted by atomic mass is 35.5. The molecule has 5 heteroatoms. The maximum Gasteiger partial charge on any atom is 0.287 e. The molecule has 1 aromatic heterocycles. The van der Waals surface area contributed by atoms with Gasteiger partial charge in [-0.3, -0.25) is 4.79 Å². The molecule has 0 saturated heterocycles. The second-order valence-corrected chi connectivity index (χ2v) is 7.98. The van der Waals surface area contributed by atoms with E-state index in [9.17, 15) is 4.79 Å². The number of halogens is 1. The summed E-state index contributed by atoms with van der Waals surface area (Å²) >= 11 is 7.72. The molecule has 0 N–H and O–H groups in total. The van der Waals surface area contributed by atoms with E-state index in [0.717, 1.165) is 11.3 Å². The summed E-state index contributed by atoms with van der Waals surface area (Å²) in [6.07, 6.45) is 4.65. The van der Waals surface area contributed by atoms with Gasteiger partial charge in [-0.1, -0.05) is 59.8 Å². The highest BCUT2D eigenvalue weighted by molar-refractivity contribution is 8.03. The summed E-state index contributed by atoms with van der Waals surface area (Å²) in [5, 5.41) is 4.48. The van der Waals surface area contributed by atoms with E-state index in [1.54, 1.807) is 6.20 Å². The fourth-order valence-corrected chi connectivity index (χ4v) is 3.09. The number of benzene rings is 1. The van der Waals surface area contributed by atoms with E-state index in [2.05, 4.69) is 23.3 Å². The molecule has 23 heavy (non-hydrogen) atoms. The molecule has 3 nitrogen and oxygen atoms in total. The molecule has 0 unspecified atom stereocenters. The van der Waals surface area contributed by atoms with E-state index < -0.39 is 0 Å². The van der Waals surface area contributed by atoms with Gasteiger partial charge in [0, 0.05) is 0 Å². The first-order chi connectivity index (χ1) is 10.8. The lowest BCUT2D eigenvalue weighted by molar-refractivity contribution is 0.336. The highest BCUT2D eigenvalue weighted by Crippen LogP contribution is 2.30. The first kappa shape index (κ1) is 17.8. The van der Waals surface area contributed by atoms with Gasteiger partial charge in [0.05, 0.1) is 16.6 Å². The summed E-state index contributed by atoms with van der Waals surface area (Å²) < 4.78 is 1.42. The van der Waals surface area contributed by atoms with Gasteiger partial charge in [0.2, 0.25) is 0 Å². The molecule has 0 fully saturated rings. The third-order valence-corrected chi connectivity index (χ3v) is 4.76. The SMILES string of the molecule is C/C(=C\Cc1ccccc1)Sc1cnn(C(C)(C)C)c(=O)c1Cl. The Labute approximate surface area is 146 Å². The molecular weight excluding hydrogens is 328 g/mol. The standard InChI is InChI=1S/C18H21ClN2OS/c1-13(10-11-14-8-6-5-7-9-14)23-15-12-20-21(18(2,3)4)17(22)16(15)19/h5-10,12H,11H2,1-4H3/b13-10+. The van der Waals surface area contributed by atoms with Crippen LogP contribution in [0.5, 0.6) is 0 Å². The zero-order chi connectivity index (χ0) is 17.0. The predicted molar refractivity (Wildman–Crippen MR) is 98.3 cm³/mol. The molecule has 0 amide bonds. The highest BCUT2D eigenvalue weighted by Gasteiger charge is 2.19. The molecule has 0 aliphatic carbocycles. The molecule has 1 aromatic carbocycles. The minimum atomic E-state index is -0.387. The van der Waals surface area contributed by atoms with Crippen molar-refractivity contribution in [2.24, 2.45) is 0 Å². The first-order valence-corrected chi connectivity index (χ1v) is 8.65. The van der Waals surface area contributed by atoms with Crippen LogP contribution in [0.4, 0.5) is 0 Å². The third-order valence-electron chi connectivity index (χ3n) is 3.26. The lowest BCUT2D eigenvalue weighted by Gasteiger charge is -2.21. The Morgan fingerprint density at radius 3 is 2.57 bits per heavy atom. The molecule has 0 saturated carbocycles. The lowest BCUT2D eigenvalue weighted by atomic mass is 10.1. The summed E-state index contributed by atoms with van der Waals surface area (Å²) in [5.41, 5.74) is 0.613. The second kappa shape index (κ2) is 7.37. The van der Waals surface area contributed by atoms with E-state index >= 15 is 0 Å². The molecule has 122 valence electrons. The monoisotopic (exact) mass is 348 g/mol. The molecular formula is C18H21ClN2OS. The van der Waals surface area contributed by atoms with Crippen LogP contribution in [0, 0.1) is 0 Å². The van der Waals surface area contributed by atoms with Crippen molar-refractivity contribution in [1.82, 2.24) is 9.78 Å². The third kappa shape index (κ3) is 4.72. The Bertz CT molecular complexity index is 761. The number of aromatic nitrogens is 2. The van der Waals surface area contributed by atoms with Crippen LogP contribution in [0.2, 0.25) is 5.02 Å². The van der Waals surface area contributed by atoms with Crippen molar-refractivity contribution in [2.45, 2.75) is 44.6 Å². The van der Waals surface area contributed by atoms with E-state index in [4.69, 9.17) is 11.6 Å². The molecule has 2 aromatic rings. The minimum absolute atomic E-state index is 0.229. The Morgan fingerprint density at radius 2 is 1.96 bits per heavy atom. The van der Waals surface area contributed by atoms with Gasteiger partial charge in [-0.25, -0.2) is 4.68 Å². The molecule has 0 spiro atoms. The molecule has 2 rings (SSSR count). The van der Waals surface area contributed by atoms with Gasteiger partial charge in [0.15, 0.2) is 0 Å². The zero-order valence-electron chi connectivity index (χ0n) is 13.8. The van der Waals surface area contributed by atoms with Crippen molar-refractivity contribution < 1.29 is 0 Å². The van der Waals surface area contributed by atoms with Crippen LogP contribution in [0.3, 0.4) is 0 Å². The Balaban J connectivity index is 2.17. The number of hydrogen-bond donors (Lipinski definition) is 0. The fraction of sp³-hybridized carbons (Fsp3) is 0.333. The molecule has 0 aliphatic rings. The van der Waals surface area contributed by atoms with Gasteiger partial charge in [-0.05, 0) is 44.6 Å².